The van der Waals surface area contributed by atoms with E-state index in [9.17, 15) is 9.59 Å². The van der Waals surface area contributed by atoms with E-state index in [-0.39, 0.29) is 17.2 Å². The number of hydrogen-bond acceptors (Lipinski definition) is 4. The quantitative estimate of drug-likeness (QED) is 0.504. The summed E-state index contributed by atoms with van der Waals surface area (Å²) in [6.45, 7) is 2.40. The number of para-hydroxylation sites is 1. The maximum atomic E-state index is 12.6. The van der Waals surface area contributed by atoms with Crippen molar-refractivity contribution >= 4 is 50.2 Å². The zero-order valence-corrected chi connectivity index (χ0v) is 15.9. The fraction of sp³-hybridized carbons (Fsp3) is 0.167. The Bertz CT molecular complexity index is 970. The summed E-state index contributed by atoms with van der Waals surface area (Å²) < 4.78 is 2.55. The van der Waals surface area contributed by atoms with Crippen LogP contribution in [0, 0.1) is 0 Å². The van der Waals surface area contributed by atoms with Gasteiger partial charge in [-0.1, -0.05) is 39.8 Å². The van der Waals surface area contributed by atoms with E-state index in [0.717, 1.165) is 10.2 Å². The molecule has 0 saturated heterocycles. The number of halogens is 1. The SMILES string of the molecule is CCn1c(SCC(=O)Nc2ccc(Br)cc2)nc2ccccc2c1=O. The van der Waals surface area contributed by atoms with Gasteiger partial charge in [0, 0.05) is 16.7 Å². The van der Waals surface area contributed by atoms with Crippen molar-refractivity contribution in [2.24, 2.45) is 0 Å². The first-order valence-corrected chi connectivity index (χ1v) is 9.54. The second-order valence-electron chi connectivity index (χ2n) is 5.30. The number of nitrogens with one attached hydrogen (secondary N) is 1. The van der Waals surface area contributed by atoms with Crippen LogP contribution in [0.1, 0.15) is 6.92 Å². The van der Waals surface area contributed by atoms with Crippen molar-refractivity contribution in [3.8, 4) is 0 Å². The summed E-state index contributed by atoms with van der Waals surface area (Å²) in [4.78, 5) is 29.2. The van der Waals surface area contributed by atoms with Crippen LogP contribution < -0.4 is 10.9 Å². The van der Waals surface area contributed by atoms with Crippen LogP contribution in [-0.2, 0) is 11.3 Å². The first kappa shape index (κ1) is 17.7. The highest BCUT2D eigenvalue weighted by atomic mass is 79.9. The lowest BCUT2D eigenvalue weighted by molar-refractivity contribution is -0.113. The molecule has 1 heterocycles. The number of rotatable bonds is 5. The molecule has 5 nitrogen and oxygen atoms in total. The highest BCUT2D eigenvalue weighted by Gasteiger charge is 2.12. The molecule has 25 heavy (non-hydrogen) atoms. The van der Waals surface area contributed by atoms with Gasteiger partial charge in [0.1, 0.15) is 0 Å². The van der Waals surface area contributed by atoms with Crippen LogP contribution in [0.4, 0.5) is 5.69 Å². The Labute approximate surface area is 157 Å². The monoisotopic (exact) mass is 417 g/mol. The smallest absolute Gasteiger partial charge is 0.262 e. The average molecular weight is 418 g/mol. The molecule has 0 aliphatic rings. The minimum absolute atomic E-state index is 0.0797. The summed E-state index contributed by atoms with van der Waals surface area (Å²) >= 11 is 4.62. The second-order valence-corrected chi connectivity index (χ2v) is 7.16. The molecule has 0 saturated carbocycles. The lowest BCUT2D eigenvalue weighted by Gasteiger charge is -2.11. The van der Waals surface area contributed by atoms with Gasteiger partial charge in [0.05, 0.1) is 16.7 Å². The molecule has 7 heteroatoms. The van der Waals surface area contributed by atoms with Gasteiger partial charge in [-0.2, -0.15) is 0 Å². The molecule has 0 unspecified atom stereocenters. The van der Waals surface area contributed by atoms with Gasteiger partial charge in [-0.3, -0.25) is 14.2 Å². The predicted octanol–water partition coefficient (Wildman–Crippen LogP) is 3.91. The second kappa shape index (κ2) is 7.84. The van der Waals surface area contributed by atoms with E-state index < -0.39 is 0 Å². The Hall–Kier alpha value is -2.12. The Kier molecular flexibility index (Phi) is 5.55. The van der Waals surface area contributed by atoms with E-state index in [4.69, 9.17) is 0 Å². The summed E-state index contributed by atoms with van der Waals surface area (Å²) in [5.74, 6) is 0.0401. The molecule has 0 spiro atoms. The van der Waals surface area contributed by atoms with Crippen LogP contribution in [-0.4, -0.2) is 21.2 Å². The number of carbonyl (C=O) groups is 1. The first-order chi connectivity index (χ1) is 12.1. The summed E-state index contributed by atoms with van der Waals surface area (Å²) in [6.07, 6.45) is 0. The molecule has 2 aromatic carbocycles. The minimum atomic E-state index is -0.141. The maximum Gasteiger partial charge on any atom is 0.262 e. The third kappa shape index (κ3) is 4.11. The number of nitrogens with zero attached hydrogens (tertiary/aromatic N) is 2. The van der Waals surface area contributed by atoms with Crippen molar-refractivity contribution in [3.05, 3.63) is 63.4 Å². The fourth-order valence-electron chi connectivity index (χ4n) is 2.40. The number of thioether (sulfide) groups is 1. The number of fused-ring (bicyclic) bond motifs is 1. The van der Waals surface area contributed by atoms with Gasteiger partial charge in [0.25, 0.3) is 5.56 Å². The fourth-order valence-corrected chi connectivity index (χ4v) is 3.52. The van der Waals surface area contributed by atoms with E-state index in [1.165, 1.54) is 11.8 Å². The lowest BCUT2D eigenvalue weighted by atomic mass is 10.2. The van der Waals surface area contributed by atoms with Gasteiger partial charge in [-0.15, -0.1) is 0 Å². The van der Waals surface area contributed by atoms with Crippen LogP contribution in [0.5, 0.6) is 0 Å². The third-order valence-electron chi connectivity index (χ3n) is 3.60. The number of anilines is 1. The standard InChI is InChI=1S/C18H16BrN3O2S/c1-2-22-17(24)14-5-3-4-6-15(14)21-18(22)25-11-16(23)20-13-9-7-12(19)8-10-13/h3-10H,2,11H2,1H3,(H,20,23). The van der Waals surface area contributed by atoms with E-state index in [1.807, 2.05) is 49.4 Å². The molecule has 3 aromatic rings. The molecular formula is C18H16BrN3O2S. The molecule has 0 radical (unpaired) electrons. The summed E-state index contributed by atoms with van der Waals surface area (Å²) in [5.41, 5.74) is 1.30. The molecular weight excluding hydrogens is 402 g/mol. The zero-order chi connectivity index (χ0) is 17.8. The van der Waals surface area contributed by atoms with Crippen molar-refractivity contribution in [2.45, 2.75) is 18.6 Å². The largest absolute Gasteiger partial charge is 0.325 e. The third-order valence-corrected chi connectivity index (χ3v) is 5.11. The van der Waals surface area contributed by atoms with Crippen molar-refractivity contribution in [1.82, 2.24) is 9.55 Å². The molecule has 128 valence electrons. The van der Waals surface area contributed by atoms with Crippen LogP contribution >= 0.6 is 27.7 Å². The van der Waals surface area contributed by atoms with Crippen molar-refractivity contribution < 1.29 is 4.79 Å². The van der Waals surface area contributed by atoms with E-state index >= 15 is 0 Å². The van der Waals surface area contributed by atoms with Crippen molar-refractivity contribution in [2.75, 3.05) is 11.1 Å². The lowest BCUT2D eigenvalue weighted by Crippen LogP contribution is -2.23. The summed E-state index contributed by atoms with van der Waals surface area (Å²) in [6, 6.07) is 14.6. The number of hydrogen-bond donors (Lipinski definition) is 1. The van der Waals surface area contributed by atoms with Crippen LogP contribution in [0.25, 0.3) is 10.9 Å². The number of amides is 1. The van der Waals surface area contributed by atoms with Gasteiger partial charge in [0.2, 0.25) is 5.91 Å². The Morgan fingerprint density at radius 2 is 1.92 bits per heavy atom. The molecule has 1 N–H and O–H groups in total. The molecule has 1 amide bonds. The first-order valence-electron chi connectivity index (χ1n) is 7.76. The van der Waals surface area contributed by atoms with Crippen molar-refractivity contribution in [1.29, 1.82) is 0 Å². The molecule has 0 fully saturated rings. The molecule has 0 aliphatic heterocycles. The van der Waals surface area contributed by atoms with Crippen LogP contribution in [0.3, 0.4) is 0 Å². The van der Waals surface area contributed by atoms with Crippen molar-refractivity contribution in [3.63, 3.8) is 0 Å². The Balaban J connectivity index is 1.77. The van der Waals surface area contributed by atoms with Gasteiger partial charge in [-0.05, 0) is 43.3 Å². The Morgan fingerprint density at radius 1 is 1.20 bits per heavy atom. The molecule has 1 aromatic heterocycles. The highest BCUT2D eigenvalue weighted by Crippen LogP contribution is 2.19. The van der Waals surface area contributed by atoms with Crippen LogP contribution in [0.2, 0.25) is 0 Å². The average Bonchev–Trinajstić information content (AvgIpc) is 2.62. The van der Waals surface area contributed by atoms with Gasteiger partial charge >= 0.3 is 0 Å². The van der Waals surface area contributed by atoms with Gasteiger partial charge in [0.15, 0.2) is 5.16 Å². The molecule has 0 atom stereocenters. The molecule has 0 aliphatic carbocycles. The maximum absolute atomic E-state index is 12.6. The van der Waals surface area contributed by atoms with Gasteiger partial charge < -0.3 is 5.32 Å². The van der Waals surface area contributed by atoms with E-state index in [1.54, 1.807) is 10.6 Å². The van der Waals surface area contributed by atoms with E-state index in [2.05, 4.69) is 26.2 Å². The van der Waals surface area contributed by atoms with Gasteiger partial charge in [-0.25, -0.2) is 4.98 Å². The Morgan fingerprint density at radius 3 is 2.64 bits per heavy atom. The topological polar surface area (TPSA) is 64.0 Å². The van der Waals surface area contributed by atoms with Crippen LogP contribution in [0.15, 0.2) is 63.0 Å². The van der Waals surface area contributed by atoms with E-state index in [0.29, 0.717) is 22.6 Å². The summed E-state index contributed by atoms with van der Waals surface area (Å²) in [5, 5.41) is 3.98. The number of aromatic nitrogens is 2. The number of carbonyl (C=O) groups excluding carboxylic acids is 1. The predicted molar refractivity (Wildman–Crippen MR) is 105 cm³/mol. The molecule has 3 rings (SSSR count). The summed E-state index contributed by atoms with van der Waals surface area (Å²) in [7, 11) is 0. The number of benzene rings is 2. The highest BCUT2D eigenvalue weighted by molar-refractivity contribution is 9.10. The zero-order valence-electron chi connectivity index (χ0n) is 13.5. The minimum Gasteiger partial charge on any atom is -0.325 e. The molecule has 0 bridgehead atoms. The normalized spacial score (nSPS) is 10.8.